The molecule has 0 aliphatic carbocycles. The number of likely N-dealkylation sites (tertiary alicyclic amines) is 1. The molecule has 148 valence electrons. The van der Waals surface area contributed by atoms with Gasteiger partial charge in [-0.05, 0) is 74.8 Å². The van der Waals surface area contributed by atoms with Crippen LogP contribution in [0.1, 0.15) is 35.7 Å². The number of anilines is 1. The summed E-state index contributed by atoms with van der Waals surface area (Å²) in [5.74, 6) is -0.285. The Kier molecular flexibility index (Phi) is 7.23. The van der Waals surface area contributed by atoms with Gasteiger partial charge in [0, 0.05) is 22.6 Å². The molecule has 6 heteroatoms. The number of carbonyl (C=O) groups is 2. The predicted molar refractivity (Wildman–Crippen MR) is 113 cm³/mol. The molecule has 0 unspecified atom stereocenters. The molecule has 2 aromatic rings. The molecule has 28 heavy (non-hydrogen) atoms. The Bertz CT molecular complexity index is 815. The number of ether oxygens (including phenoxy) is 1. The Balaban J connectivity index is 1.48. The maximum atomic E-state index is 12.6. The van der Waals surface area contributed by atoms with E-state index in [1.807, 2.05) is 12.1 Å². The quantitative estimate of drug-likeness (QED) is 0.667. The van der Waals surface area contributed by atoms with Crippen molar-refractivity contribution >= 4 is 33.5 Å². The van der Waals surface area contributed by atoms with Gasteiger partial charge in [0.25, 0.3) is 0 Å². The highest BCUT2D eigenvalue weighted by Gasteiger charge is 2.25. The van der Waals surface area contributed by atoms with Crippen molar-refractivity contribution < 1.29 is 14.3 Å². The summed E-state index contributed by atoms with van der Waals surface area (Å²) in [4.78, 5) is 26.6. The van der Waals surface area contributed by atoms with Crippen LogP contribution in [0.5, 0.6) is 0 Å². The zero-order valence-corrected chi connectivity index (χ0v) is 17.6. The van der Waals surface area contributed by atoms with Gasteiger partial charge in [-0.2, -0.15) is 0 Å². The Morgan fingerprint density at radius 2 is 1.86 bits per heavy atom. The first-order valence-corrected chi connectivity index (χ1v) is 10.4. The summed E-state index contributed by atoms with van der Waals surface area (Å²) in [5.41, 5.74) is 2.47. The van der Waals surface area contributed by atoms with Crippen molar-refractivity contribution in [2.24, 2.45) is 5.92 Å². The van der Waals surface area contributed by atoms with E-state index in [0.29, 0.717) is 17.9 Å². The lowest BCUT2D eigenvalue weighted by molar-refractivity contribution is -0.121. The molecule has 1 heterocycles. The van der Waals surface area contributed by atoms with Crippen molar-refractivity contribution in [1.82, 2.24) is 4.90 Å². The van der Waals surface area contributed by atoms with Crippen LogP contribution >= 0.6 is 15.9 Å². The van der Waals surface area contributed by atoms with Gasteiger partial charge in [-0.25, -0.2) is 4.79 Å². The smallest absolute Gasteiger partial charge is 0.338 e. The van der Waals surface area contributed by atoms with E-state index in [0.717, 1.165) is 36.9 Å². The van der Waals surface area contributed by atoms with Gasteiger partial charge in [0.1, 0.15) is 0 Å². The van der Waals surface area contributed by atoms with Crippen LogP contribution in [0.15, 0.2) is 53.0 Å². The Labute approximate surface area is 174 Å². The SMILES string of the molecule is CCOC(=O)c1ccc(NC(=O)C2CCN(Cc3cccc(Br)c3)CC2)cc1. The summed E-state index contributed by atoms with van der Waals surface area (Å²) >= 11 is 3.51. The highest BCUT2D eigenvalue weighted by atomic mass is 79.9. The third kappa shape index (κ3) is 5.66. The number of carbonyl (C=O) groups excluding carboxylic acids is 2. The van der Waals surface area contributed by atoms with Crippen molar-refractivity contribution in [3.05, 3.63) is 64.1 Å². The van der Waals surface area contributed by atoms with Crippen LogP contribution in [0.3, 0.4) is 0 Å². The summed E-state index contributed by atoms with van der Waals surface area (Å²) < 4.78 is 6.06. The summed E-state index contributed by atoms with van der Waals surface area (Å²) in [6.07, 6.45) is 1.70. The Morgan fingerprint density at radius 3 is 2.50 bits per heavy atom. The minimum absolute atomic E-state index is 0.0171. The first-order valence-electron chi connectivity index (χ1n) is 9.60. The summed E-state index contributed by atoms with van der Waals surface area (Å²) in [5, 5.41) is 2.97. The van der Waals surface area contributed by atoms with Gasteiger partial charge in [-0.15, -0.1) is 0 Å². The van der Waals surface area contributed by atoms with Gasteiger partial charge in [0.15, 0.2) is 0 Å². The Hall–Kier alpha value is -2.18. The van der Waals surface area contributed by atoms with E-state index < -0.39 is 0 Å². The first kappa shape index (κ1) is 20.6. The minimum atomic E-state index is -0.349. The molecule has 0 saturated carbocycles. The van der Waals surface area contributed by atoms with Gasteiger partial charge in [-0.1, -0.05) is 28.1 Å². The van der Waals surface area contributed by atoms with Gasteiger partial charge in [-0.3, -0.25) is 9.69 Å². The molecule has 3 rings (SSSR count). The summed E-state index contributed by atoms with van der Waals surface area (Å²) in [7, 11) is 0. The molecule has 1 N–H and O–H groups in total. The molecule has 0 bridgehead atoms. The fourth-order valence-corrected chi connectivity index (χ4v) is 3.84. The number of piperidine rings is 1. The highest BCUT2D eigenvalue weighted by Crippen LogP contribution is 2.22. The normalized spacial score (nSPS) is 15.2. The maximum Gasteiger partial charge on any atom is 0.338 e. The maximum absolute atomic E-state index is 12.6. The molecular weight excluding hydrogens is 420 g/mol. The van der Waals surface area contributed by atoms with Crippen LogP contribution in [0, 0.1) is 5.92 Å². The van der Waals surface area contributed by atoms with Crippen LogP contribution < -0.4 is 5.32 Å². The van der Waals surface area contributed by atoms with Crippen molar-refractivity contribution in [1.29, 1.82) is 0 Å². The summed E-state index contributed by atoms with van der Waals surface area (Å²) in [6.45, 7) is 4.84. The first-order chi connectivity index (χ1) is 13.5. The zero-order valence-electron chi connectivity index (χ0n) is 16.0. The van der Waals surface area contributed by atoms with Gasteiger partial charge in [0.2, 0.25) is 5.91 Å². The molecule has 1 aliphatic heterocycles. The van der Waals surface area contributed by atoms with Gasteiger partial charge >= 0.3 is 5.97 Å². The molecule has 0 aromatic heterocycles. The lowest BCUT2D eigenvalue weighted by atomic mass is 9.95. The average molecular weight is 445 g/mol. The molecule has 1 amide bonds. The van der Waals surface area contributed by atoms with Crippen LogP contribution in [-0.2, 0) is 16.1 Å². The van der Waals surface area contributed by atoms with Gasteiger partial charge < -0.3 is 10.1 Å². The van der Waals surface area contributed by atoms with Crippen LogP contribution in [0.2, 0.25) is 0 Å². The number of benzene rings is 2. The van der Waals surface area contributed by atoms with E-state index >= 15 is 0 Å². The highest BCUT2D eigenvalue weighted by molar-refractivity contribution is 9.10. The van der Waals surface area contributed by atoms with E-state index in [-0.39, 0.29) is 17.8 Å². The third-order valence-electron chi connectivity index (χ3n) is 4.92. The van der Waals surface area contributed by atoms with Crippen molar-refractivity contribution in [3.63, 3.8) is 0 Å². The number of halogens is 1. The predicted octanol–water partition coefficient (Wildman–Crippen LogP) is 4.48. The molecule has 1 saturated heterocycles. The number of hydrogen-bond donors (Lipinski definition) is 1. The topological polar surface area (TPSA) is 58.6 Å². The molecule has 0 radical (unpaired) electrons. The van der Waals surface area contributed by atoms with E-state index in [4.69, 9.17) is 4.74 Å². The second-order valence-electron chi connectivity index (χ2n) is 6.97. The zero-order chi connectivity index (χ0) is 19.9. The molecule has 1 fully saturated rings. The minimum Gasteiger partial charge on any atom is -0.462 e. The number of rotatable bonds is 6. The largest absolute Gasteiger partial charge is 0.462 e. The molecular formula is C22H25BrN2O3. The average Bonchev–Trinajstić information content (AvgIpc) is 2.69. The van der Waals surface area contributed by atoms with Crippen molar-refractivity contribution in [2.45, 2.75) is 26.3 Å². The number of nitrogens with zero attached hydrogens (tertiary/aromatic N) is 1. The standard InChI is InChI=1S/C22H25BrN2O3/c1-2-28-22(27)18-6-8-20(9-7-18)24-21(26)17-10-12-25(13-11-17)15-16-4-3-5-19(23)14-16/h3-9,14,17H,2,10-13,15H2,1H3,(H,24,26). The number of hydrogen-bond acceptors (Lipinski definition) is 4. The molecule has 5 nitrogen and oxygen atoms in total. The molecule has 0 spiro atoms. The van der Waals surface area contributed by atoms with E-state index in [2.05, 4.69) is 38.3 Å². The molecule has 0 atom stereocenters. The van der Waals surface area contributed by atoms with Crippen LogP contribution in [-0.4, -0.2) is 36.5 Å². The van der Waals surface area contributed by atoms with Crippen molar-refractivity contribution in [2.75, 3.05) is 25.0 Å². The second-order valence-corrected chi connectivity index (χ2v) is 7.88. The Morgan fingerprint density at radius 1 is 1.14 bits per heavy atom. The van der Waals surface area contributed by atoms with Crippen LogP contribution in [0.25, 0.3) is 0 Å². The van der Waals surface area contributed by atoms with E-state index in [9.17, 15) is 9.59 Å². The second kappa shape index (κ2) is 9.85. The monoisotopic (exact) mass is 444 g/mol. The van der Waals surface area contributed by atoms with Crippen LogP contribution in [0.4, 0.5) is 5.69 Å². The third-order valence-corrected chi connectivity index (χ3v) is 5.41. The number of esters is 1. The fourth-order valence-electron chi connectivity index (χ4n) is 3.40. The fraction of sp³-hybridized carbons (Fsp3) is 0.364. The van der Waals surface area contributed by atoms with Gasteiger partial charge in [0.05, 0.1) is 12.2 Å². The van der Waals surface area contributed by atoms with E-state index in [1.54, 1.807) is 31.2 Å². The molecule has 1 aliphatic rings. The molecule has 2 aromatic carbocycles. The van der Waals surface area contributed by atoms with E-state index in [1.165, 1.54) is 5.56 Å². The van der Waals surface area contributed by atoms with Crippen molar-refractivity contribution in [3.8, 4) is 0 Å². The lowest BCUT2D eigenvalue weighted by Crippen LogP contribution is -2.37. The summed E-state index contributed by atoms with van der Waals surface area (Å²) in [6, 6.07) is 15.2. The number of nitrogens with one attached hydrogen (secondary N) is 1. The number of amides is 1. The lowest BCUT2D eigenvalue weighted by Gasteiger charge is -2.31.